The fraction of sp³-hybridized carbons (Fsp3) is 0.500. The topological polar surface area (TPSA) is 70.0 Å². The van der Waals surface area contributed by atoms with Gasteiger partial charge in [-0.2, -0.15) is 0 Å². The van der Waals surface area contributed by atoms with Crippen LogP contribution < -0.4 is 0 Å². The van der Waals surface area contributed by atoms with Gasteiger partial charge >= 0.3 is 0 Å². The van der Waals surface area contributed by atoms with Crippen LogP contribution in [-0.4, -0.2) is 65.8 Å². The molecule has 2 rings (SSSR count). The van der Waals surface area contributed by atoms with Crippen LogP contribution in [0.2, 0.25) is 0 Å². The summed E-state index contributed by atoms with van der Waals surface area (Å²) in [5, 5.41) is 18.1. The lowest BCUT2D eigenvalue weighted by Gasteiger charge is -2.34. The average Bonchev–Trinajstić information content (AvgIpc) is 2.52. The zero-order valence-corrected chi connectivity index (χ0v) is 12.0. The molecule has 0 spiro atoms. The summed E-state index contributed by atoms with van der Waals surface area (Å²) in [6, 6.07) is 7.06. The summed E-state index contributed by atoms with van der Waals surface area (Å²) >= 11 is 1.55. The summed E-state index contributed by atoms with van der Waals surface area (Å²) in [6.45, 7) is 1.44. The van der Waals surface area contributed by atoms with Crippen LogP contribution >= 0.6 is 11.8 Å². The zero-order valence-electron chi connectivity index (χ0n) is 11.2. The van der Waals surface area contributed by atoms with Crippen LogP contribution in [0, 0.1) is 0 Å². The zero-order chi connectivity index (χ0) is 14.4. The van der Waals surface area contributed by atoms with Crippen molar-refractivity contribution in [3.05, 3.63) is 29.8 Å². The van der Waals surface area contributed by atoms with Crippen molar-refractivity contribution in [1.29, 1.82) is 0 Å². The molecule has 6 heteroatoms. The second kappa shape index (κ2) is 7.64. The predicted octanol–water partition coefficient (Wildman–Crippen LogP) is 0.604. The number of thioether (sulfide) groups is 1. The lowest BCUT2D eigenvalue weighted by molar-refractivity contribution is -0.0183. The summed E-state index contributed by atoms with van der Waals surface area (Å²) in [6.07, 6.45) is 0. The normalized spacial score (nSPS) is 19.1. The van der Waals surface area contributed by atoms with Gasteiger partial charge < -0.3 is 19.8 Å². The van der Waals surface area contributed by atoms with Crippen molar-refractivity contribution >= 4 is 17.7 Å². The van der Waals surface area contributed by atoms with E-state index in [4.69, 9.17) is 9.84 Å². The number of benzene rings is 1. The number of aliphatic hydroxyl groups is 2. The maximum Gasteiger partial charge on any atom is 0.254 e. The van der Waals surface area contributed by atoms with Crippen LogP contribution in [0.1, 0.15) is 10.4 Å². The van der Waals surface area contributed by atoms with Crippen molar-refractivity contribution in [2.75, 3.05) is 38.7 Å². The summed E-state index contributed by atoms with van der Waals surface area (Å²) in [5.74, 6) is 0.564. The quantitative estimate of drug-likeness (QED) is 0.779. The molecule has 5 nitrogen and oxygen atoms in total. The summed E-state index contributed by atoms with van der Waals surface area (Å²) in [5.41, 5.74) is 0.610. The van der Waals surface area contributed by atoms with Crippen molar-refractivity contribution in [2.24, 2.45) is 0 Å². The third kappa shape index (κ3) is 3.73. The molecule has 1 fully saturated rings. The molecule has 1 aromatic rings. The van der Waals surface area contributed by atoms with Gasteiger partial charge in [-0.05, 0) is 24.3 Å². The minimum atomic E-state index is -0.264. The maximum absolute atomic E-state index is 12.4. The Morgan fingerprint density at radius 3 is 2.75 bits per heavy atom. The molecule has 0 radical (unpaired) electrons. The van der Waals surface area contributed by atoms with E-state index in [1.54, 1.807) is 28.8 Å². The second-order valence-electron chi connectivity index (χ2n) is 4.51. The molecule has 1 atom stereocenters. The molecular weight excluding hydrogens is 278 g/mol. The predicted molar refractivity (Wildman–Crippen MR) is 77.0 cm³/mol. The Kier molecular flexibility index (Phi) is 5.85. The summed E-state index contributed by atoms with van der Waals surface area (Å²) < 4.78 is 5.27. The van der Waals surface area contributed by atoms with Crippen LogP contribution in [0.15, 0.2) is 29.2 Å². The highest BCUT2D eigenvalue weighted by molar-refractivity contribution is 7.99. The van der Waals surface area contributed by atoms with E-state index < -0.39 is 0 Å². The van der Waals surface area contributed by atoms with Gasteiger partial charge in [0.15, 0.2) is 0 Å². The van der Waals surface area contributed by atoms with Crippen LogP contribution in [0.5, 0.6) is 0 Å². The Bertz CT molecular complexity index is 437. The Morgan fingerprint density at radius 1 is 1.35 bits per heavy atom. The first-order chi connectivity index (χ1) is 9.76. The van der Waals surface area contributed by atoms with Crippen LogP contribution in [0.3, 0.4) is 0 Å². The fourth-order valence-electron chi connectivity index (χ4n) is 2.10. The number of hydrogen-bond donors (Lipinski definition) is 2. The van der Waals surface area contributed by atoms with E-state index >= 15 is 0 Å². The Labute approximate surface area is 122 Å². The highest BCUT2D eigenvalue weighted by Gasteiger charge is 2.27. The number of rotatable bonds is 5. The number of aliphatic hydroxyl groups excluding tert-OH is 2. The molecule has 110 valence electrons. The maximum atomic E-state index is 12.4. The highest BCUT2D eigenvalue weighted by Crippen LogP contribution is 2.19. The molecule has 1 amide bonds. The average molecular weight is 297 g/mol. The van der Waals surface area contributed by atoms with Gasteiger partial charge in [0.05, 0.1) is 32.5 Å². The van der Waals surface area contributed by atoms with Crippen LogP contribution in [-0.2, 0) is 4.74 Å². The summed E-state index contributed by atoms with van der Waals surface area (Å²) in [4.78, 5) is 15.1. The molecule has 2 N–H and O–H groups in total. The first kappa shape index (κ1) is 15.3. The van der Waals surface area contributed by atoms with E-state index in [1.807, 2.05) is 12.1 Å². The minimum absolute atomic E-state index is 0.0777. The van der Waals surface area contributed by atoms with E-state index in [2.05, 4.69) is 0 Å². The molecule has 1 aromatic carbocycles. The van der Waals surface area contributed by atoms with Gasteiger partial charge in [-0.1, -0.05) is 0 Å². The van der Waals surface area contributed by atoms with Gasteiger partial charge in [0.2, 0.25) is 0 Å². The second-order valence-corrected chi connectivity index (χ2v) is 5.67. The van der Waals surface area contributed by atoms with Crippen molar-refractivity contribution in [3.8, 4) is 0 Å². The van der Waals surface area contributed by atoms with E-state index in [9.17, 15) is 9.90 Å². The lowest BCUT2D eigenvalue weighted by atomic mass is 10.1. The van der Waals surface area contributed by atoms with Gasteiger partial charge in [-0.15, -0.1) is 11.8 Å². The molecular formula is C14H19NO4S. The van der Waals surface area contributed by atoms with E-state index in [-0.39, 0.29) is 25.2 Å². The van der Waals surface area contributed by atoms with Gasteiger partial charge in [-0.25, -0.2) is 0 Å². The first-order valence-electron chi connectivity index (χ1n) is 6.59. The van der Waals surface area contributed by atoms with Crippen LogP contribution in [0.25, 0.3) is 0 Å². The van der Waals surface area contributed by atoms with Gasteiger partial charge in [0.25, 0.3) is 5.91 Å². The van der Waals surface area contributed by atoms with E-state index in [0.29, 0.717) is 31.1 Å². The number of nitrogens with zero attached hydrogens (tertiary/aromatic N) is 1. The number of carbonyl (C=O) groups is 1. The molecule has 20 heavy (non-hydrogen) atoms. The van der Waals surface area contributed by atoms with Crippen molar-refractivity contribution in [3.63, 3.8) is 0 Å². The molecule has 1 aliphatic heterocycles. The molecule has 1 heterocycles. The SMILES string of the molecule is O=C(c1ccc(SCCO)cc1)N1CCOC[C@H]1CO. The van der Waals surface area contributed by atoms with Gasteiger partial charge in [0.1, 0.15) is 0 Å². The number of amides is 1. The third-order valence-corrected chi connectivity index (χ3v) is 4.15. The minimum Gasteiger partial charge on any atom is -0.396 e. The number of morpholine rings is 1. The molecule has 0 aliphatic carbocycles. The summed E-state index contributed by atoms with van der Waals surface area (Å²) in [7, 11) is 0. The number of carbonyl (C=O) groups excluding carboxylic acids is 1. The molecule has 0 bridgehead atoms. The third-order valence-electron chi connectivity index (χ3n) is 3.16. The molecule has 0 aromatic heterocycles. The van der Waals surface area contributed by atoms with Crippen molar-refractivity contribution in [1.82, 2.24) is 4.90 Å². The largest absolute Gasteiger partial charge is 0.396 e. The van der Waals surface area contributed by atoms with Gasteiger partial charge in [-0.3, -0.25) is 4.79 Å². The Balaban J connectivity index is 2.04. The van der Waals surface area contributed by atoms with Crippen molar-refractivity contribution in [2.45, 2.75) is 10.9 Å². The number of hydrogen-bond acceptors (Lipinski definition) is 5. The lowest BCUT2D eigenvalue weighted by Crippen LogP contribution is -2.50. The molecule has 1 aliphatic rings. The highest BCUT2D eigenvalue weighted by atomic mass is 32.2. The molecule has 1 saturated heterocycles. The monoisotopic (exact) mass is 297 g/mol. The van der Waals surface area contributed by atoms with E-state index in [0.717, 1.165) is 4.90 Å². The van der Waals surface area contributed by atoms with Crippen molar-refractivity contribution < 1.29 is 19.7 Å². The molecule has 0 saturated carbocycles. The smallest absolute Gasteiger partial charge is 0.254 e. The fourth-order valence-corrected chi connectivity index (χ4v) is 2.75. The Hall–Kier alpha value is -1.08. The van der Waals surface area contributed by atoms with E-state index in [1.165, 1.54) is 0 Å². The molecule has 0 unspecified atom stereocenters. The first-order valence-corrected chi connectivity index (χ1v) is 7.58. The number of ether oxygens (including phenoxy) is 1. The Morgan fingerprint density at radius 2 is 2.10 bits per heavy atom. The standard InChI is InChI=1S/C14H19NO4S/c16-6-8-20-13-3-1-11(2-4-13)14(18)15-5-7-19-10-12(15)9-17/h1-4,12,16-17H,5-10H2/t12-/m1/s1. The van der Waals surface area contributed by atoms with Gasteiger partial charge in [0, 0.05) is 22.8 Å². The van der Waals surface area contributed by atoms with Crippen LogP contribution in [0.4, 0.5) is 0 Å².